The molecule has 2 aromatic rings. The van der Waals surface area contributed by atoms with Crippen molar-refractivity contribution in [3.05, 3.63) is 46.2 Å². The van der Waals surface area contributed by atoms with Gasteiger partial charge in [0, 0.05) is 0 Å². The van der Waals surface area contributed by atoms with Gasteiger partial charge < -0.3 is 15.9 Å². The molecule has 0 radical (unpaired) electrons. The lowest BCUT2D eigenvalue weighted by Crippen LogP contribution is -2.20. The van der Waals surface area contributed by atoms with Crippen molar-refractivity contribution in [3.63, 3.8) is 0 Å². The number of aliphatic carboxylic acids is 1. The molecule has 0 saturated carbocycles. The molecule has 6 heteroatoms. The molecule has 1 heterocycles. The first-order valence-corrected chi connectivity index (χ1v) is 6.27. The molecule has 0 aliphatic rings. The van der Waals surface area contributed by atoms with E-state index in [0.717, 1.165) is 22.5 Å². The Hall–Kier alpha value is -2.18. The molecule has 0 spiro atoms. The minimum atomic E-state index is -1.09. The number of carboxylic acids is 2. The third kappa shape index (κ3) is 2.81. The quantitative estimate of drug-likeness (QED) is 0.795. The highest BCUT2D eigenvalue weighted by Crippen LogP contribution is 2.26. The fraction of sp³-hybridized carbons (Fsp3) is 0.0769. The maximum Gasteiger partial charge on any atom is 0.345 e. The van der Waals surface area contributed by atoms with E-state index >= 15 is 0 Å². The number of carboxylic acid groups (broad SMARTS) is 2. The maximum atomic E-state index is 10.8. The number of nitrogens with two attached hydrogens (primary N) is 1. The molecule has 1 atom stereocenters. The van der Waals surface area contributed by atoms with Crippen molar-refractivity contribution >= 4 is 23.3 Å². The van der Waals surface area contributed by atoms with Crippen molar-refractivity contribution in [2.75, 3.05) is 0 Å². The molecule has 2 rings (SSSR count). The molecule has 0 unspecified atom stereocenters. The van der Waals surface area contributed by atoms with Crippen LogP contribution < -0.4 is 5.73 Å². The molecule has 1 aromatic carbocycles. The van der Waals surface area contributed by atoms with Crippen molar-refractivity contribution in [1.82, 2.24) is 0 Å². The van der Waals surface area contributed by atoms with Crippen molar-refractivity contribution < 1.29 is 19.8 Å². The molecule has 0 aliphatic carbocycles. The Morgan fingerprint density at radius 1 is 1.11 bits per heavy atom. The first-order valence-electron chi connectivity index (χ1n) is 5.39. The van der Waals surface area contributed by atoms with E-state index in [1.165, 1.54) is 0 Å². The molecular weight excluding hydrogens is 266 g/mol. The van der Waals surface area contributed by atoms with E-state index in [4.69, 9.17) is 15.9 Å². The van der Waals surface area contributed by atoms with E-state index in [2.05, 4.69) is 0 Å². The fourth-order valence-electron chi connectivity index (χ4n) is 1.63. The van der Waals surface area contributed by atoms with Gasteiger partial charge in [-0.3, -0.25) is 4.79 Å². The van der Waals surface area contributed by atoms with Gasteiger partial charge >= 0.3 is 11.9 Å². The van der Waals surface area contributed by atoms with E-state index in [9.17, 15) is 9.59 Å². The van der Waals surface area contributed by atoms with Gasteiger partial charge in [0.25, 0.3) is 0 Å². The van der Waals surface area contributed by atoms with Gasteiger partial charge in [-0.2, -0.15) is 0 Å². The molecular formula is C13H11NO4S. The first-order chi connectivity index (χ1) is 8.99. The van der Waals surface area contributed by atoms with Crippen LogP contribution in [0.15, 0.2) is 35.7 Å². The molecule has 0 aliphatic heterocycles. The molecule has 1 aromatic heterocycles. The van der Waals surface area contributed by atoms with Crippen LogP contribution >= 0.6 is 11.3 Å². The predicted octanol–water partition coefficient (Wildman–Crippen LogP) is 2.20. The Kier molecular flexibility index (Phi) is 3.64. The Labute approximate surface area is 112 Å². The molecule has 5 nitrogen and oxygen atoms in total. The van der Waals surface area contributed by atoms with Crippen molar-refractivity contribution in [1.29, 1.82) is 0 Å². The molecule has 0 saturated heterocycles. The van der Waals surface area contributed by atoms with Crippen molar-refractivity contribution in [2.24, 2.45) is 5.73 Å². The second-order valence-electron chi connectivity index (χ2n) is 3.94. The standard InChI is InChI=1S/C13H11NO4S/c14-11(13(17)18)8-3-1-7(2-4-8)9-5-10(12(15)16)19-6-9/h1-6,11H,14H2,(H,15,16)(H,17,18)/t11-/m0/s1. The van der Waals surface area contributed by atoms with E-state index in [0.29, 0.717) is 5.56 Å². The summed E-state index contributed by atoms with van der Waals surface area (Å²) in [6.07, 6.45) is 0. The van der Waals surface area contributed by atoms with Gasteiger partial charge in [-0.1, -0.05) is 24.3 Å². The summed E-state index contributed by atoms with van der Waals surface area (Å²) in [6.45, 7) is 0. The minimum Gasteiger partial charge on any atom is -0.480 e. The molecule has 4 N–H and O–H groups in total. The maximum absolute atomic E-state index is 10.8. The highest BCUT2D eigenvalue weighted by atomic mass is 32.1. The van der Waals surface area contributed by atoms with Crippen LogP contribution in [0.4, 0.5) is 0 Å². The zero-order valence-corrected chi connectivity index (χ0v) is 10.6. The monoisotopic (exact) mass is 277 g/mol. The number of hydrogen-bond acceptors (Lipinski definition) is 4. The molecule has 98 valence electrons. The summed E-state index contributed by atoms with van der Waals surface area (Å²) < 4.78 is 0. The zero-order chi connectivity index (χ0) is 14.0. The summed E-state index contributed by atoms with van der Waals surface area (Å²) in [6, 6.07) is 7.25. The Morgan fingerprint density at radius 3 is 2.21 bits per heavy atom. The molecule has 19 heavy (non-hydrogen) atoms. The van der Waals surface area contributed by atoms with Gasteiger partial charge in [0.05, 0.1) is 0 Å². The van der Waals surface area contributed by atoms with E-state index in [1.54, 1.807) is 35.7 Å². The molecule has 0 fully saturated rings. The lowest BCUT2D eigenvalue weighted by molar-refractivity contribution is -0.138. The van der Waals surface area contributed by atoms with Crippen LogP contribution in [0.25, 0.3) is 11.1 Å². The number of thiophene rings is 1. The van der Waals surface area contributed by atoms with Gasteiger partial charge in [0.1, 0.15) is 10.9 Å². The summed E-state index contributed by atoms with van der Waals surface area (Å²) in [5.74, 6) is -2.04. The lowest BCUT2D eigenvalue weighted by Gasteiger charge is -2.07. The largest absolute Gasteiger partial charge is 0.480 e. The van der Waals surface area contributed by atoms with Crippen LogP contribution in [-0.2, 0) is 4.79 Å². The summed E-state index contributed by atoms with van der Waals surface area (Å²) >= 11 is 1.15. The van der Waals surface area contributed by atoms with Gasteiger partial charge in [-0.15, -0.1) is 11.3 Å². The zero-order valence-electron chi connectivity index (χ0n) is 9.74. The van der Waals surface area contributed by atoms with E-state index in [1.807, 2.05) is 0 Å². The van der Waals surface area contributed by atoms with Gasteiger partial charge in [0.15, 0.2) is 0 Å². The number of aromatic carboxylic acids is 1. The van der Waals surface area contributed by atoms with Crippen molar-refractivity contribution in [2.45, 2.75) is 6.04 Å². The average molecular weight is 277 g/mol. The Morgan fingerprint density at radius 2 is 1.74 bits per heavy atom. The van der Waals surface area contributed by atoms with Crippen LogP contribution in [0.1, 0.15) is 21.3 Å². The summed E-state index contributed by atoms with van der Waals surface area (Å²) in [4.78, 5) is 21.8. The van der Waals surface area contributed by atoms with Gasteiger partial charge in [0.2, 0.25) is 0 Å². The van der Waals surface area contributed by atoms with Crippen LogP contribution in [0, 0.1) is 0 Å². The molecule has 0 amide bonds. The first kappa shape index (κ1) is 13.3. The van der Waals surface area contributed by atoms with Crippen LogP contribution in [0.2, 0.25) is 0 Å². The fourth-order valence-corrected chi connectivity index (χ4v) is 2.38. The number of rotatable bonds is 4. The van der Waals surface area contributed by atoms with Crippen LogP contribution in [0.5, 0.6) is 0 Å². The van der Waals surface area contributed by atoms with Gasteiger partial charge in [-0.25, -0.2) is 4.79 Å². The average Bonchev–Trinajstić information content (AvgIpc) is 2.87. The third-order valence-corrected chi connectivity index (χ3v) is 3.60. The summed E-state index contributed by atoms with van der Waals surface area (Å²) in [5, 5.41) is 19.4. The highest BCUT2D eigenvalue weighted by Gasteiger charge is 2.14. The third-order valence-electron chi connectivity index (χ3n) is 2.68. The smallest absolute Gasteiger partial charge is 0.345 e. The SMILES string of the molecule is N[C@H](C(=O)O)c1ccc(-c2csc(C(=O)O)c2)cc1. The molecule has 0 bridgehead atoms. The van der Waals surface area contributed by atoms with Crippen LogP contribution in [0.3, 0.4) is 0 Å². The van der Waals surface area contributed by atoms with Crippen LogP contribution in [-0.4, -0.2) is 22.2 Å². The second kappa shape index (κ2) is 5.21. The second-order valence-corrected chi connectivity index (χ2v) is 4.85. The van der Waals surface area contributed by atoms with E-state index in [-0.39, 0.29) is 4.88 Å². The highest BCUT2D eigenvalue weighted by molar-refractivity contribution is 7.12. The predicted molar refractivity (Wildman–Crippen MR) is 71.3 cm³/mol. The van der Waals surface area contributed by atoms with E-state index < -0.39 is 18.0 Å². The van der Waals surface area contributed by atoms with Gasteiger partial charge in [-0.05, 0) is 28.1 Å². The Balaban J connectivity index is 2.27. The Bertz CT molecular complexity index is 618. The minimum absolute atomic E-state index is 0.265. The summed E-state index contributed by atoms with van der Waals surface area (Å²) in [7, 11) is 0. The van der Waals surface area contributed by atoms with Crippen molar-refractivity contribution in [3.8, 4) is 11.1 Å². The number of carbonyl (C=O) groups is 2. The summed E-state index contributed by atoms with van der Waals surface area (Å²) in [5.41, 5.74) is 7.61. The normalized spacial score (nSPS) is 12.1. The lowest BCUT2D eigenvalue weighted by atomic mass is 10.0. The number of benzene rings is 1. The number of hydrogen-bond donors (Lipinski definition) is 3. The topological polar surface area (TPSA) is 101 Å².